The summed E-state index contributed by atoms with van der Waals surface area (Å²) in [5, 5.41) is 0. The molecule has 0 unspecified atom stereocenters. The van der Waals surface area contributed by atoms with Crippen LogP contribution in [0.5, 0.6) is 0 Å². The molecule has 2 nitrogen and oxygen atoms in total. The van der Waals surface area contributed by atoms with E-state index >= 15 is 0 Å². The summed E-state index contributed by atoms with van der Waals surface area (Å²) in [7, 11) is 9.32. The van der Waals surface area contributed by atoms with E-state index in [1.165, 1.54) is 24.2 Å². The topological polar surface area (TPSA) is 0 Å². The highest BCUT2D eigenvalue weighted by Gasteiger charge is 2.23. The summed E-state index contributed by atoms with van der Waals surface area (Å²) in [5.74, 6) is 0. The second-order valence-corrected chi connectivity index (χ2v) is 7.61. The van der Waals surface area contributed by atoms with Crippen LogP contribution >= 0.6 is 0 Å². The van der Waals surface area contributed by atoms with Crippen molar-refractivity contribution in [1.82, 2.24) is 0 Å². The summed E-state index contributed by atoms with van der Waals surface area (Å²) in [6.45, 7) is 4.53. The van der Waals surface area contributed by atoms with E-state index < -0.39 is 0 Å². The zero-order chi connectivity index (χ0) is 16.1. The van der Waals surface area contributed by atoms with Gasteiger partial charge in [-0.25, -0.2) is 0 Å². The summed E-state index contributed by atoms with van der Waals surface area (Å²) in [5.41, 5.74) is 2.83. The number of hydrogen-bond donors (Lipinski definition) is 0. The van der Waals surface area contributed by atoms with Gasteiger partial charge in [0.1, 0.15) is 26.2 Å². The van der Waals surface area contributed by atoms with Crippen LogP contribution in [0, 0.1) is 0 Å². The molecule has 0 spiro atoms. The number of nitrogens with zero attached hydrogens (tertiary/aromatic N) is 2. The highest BCUT2D eigenvalue weighted by atomic mass is 79.9. The Bertz CT molecular complexity index is 515. The lowest BCUT2D eigenvalue weighted by atomic mass is 10.2. The van der Waals surface area contributed by atoms with E-state index in [1.807, 2.05) is 0 Å². The van der Waals surface area contributed by atoms with Gasteiger partial charge in [0.05, 0.1) is 28.2 Å². The highest BCUT2D eigenvalue weighted by molar-refractivity contribution is 5.14. The van der Waals surface area contributed by atoms with Crippen LogP contribution in [-0.4, -0.2) is 50.2 Å². The van der Waals surface area contributed by atoms with E-state index in [0.717, 1.165) is 22.1 Å². The minimum atomic E-state index is 0. The van der Waals surface area contributed by atoms with Crippen LogP contribution in [0.15, 0.2) is 60.7 Å². The van der Waals surface area contributed by atoms with Gasteiger partial charge in [-0.3, -0.25) is 0 Å². The lowest BCUT2D eigenvalue weighted by molar-refractivity contribution is -0.958. The van der Waals surface area contributed by atoms with E-state index in [9.17, 15) is 0 Å². The van der Waals surface area contributed by atoms with Crippen LogP contribution in [0.2, 0.25) is 0 Å². The Hall–Kier alpha value is -0.680. The fourth-order valence-electron chi connectivity index (χ4n) is 2.85. The number of rotatable bonds is 7. The van der Waals surface area contributed by atoms with Crippen LogP contribution in [-0.2, 0) is 13.1 Å². The fraction of sp³-hybridized carbons (Fsp3) is 0.400. The van der Waals surface area contributed by atoms with Crippen molar-refractivity contribution in [3.63, 3.8) is 0 Å². The Morgan fingerprint density at radius 1 is 0.542 bits per heavy atom. The van der Waals surface area contributed by atoms with E-state index in [0.29, 0.717) is 0 Å². The monoisotopic (exact) mass is 456 g/mol. The van der Waals surface area contributed by atoms with Crippen LogP contribution in [0.1, 0.15) is 11.1 Å². The standard InChI is InChI=1S/C20H30N2.2BrH/c1-21(2,17-19-11-7-5-8-12-19)15-16-22(3,4)18-20-13-9-6-10-14-20;;/h5-14H,15-18H2,1-4H3;2*1H/q+2;;/p-2. The molecule has 0 bridgehead atoms. The quantitative estimate of drug-likeness (QED) is 0.405. The molecule has 24 heavy (non-hydrogen) atoms. The summed E-state index contributed by atoms with van der Waals surface area (Å²) in [4.78, 5) is 0. The van der Waals surface area contributed by atoms with Gasteiger partial charge in [0.25, 0.3) is 0 Å². The van der Waals surface area contributed by atoms with Crippen molar-refractivity contribution in [2.75, 3.05) is 41.3 Å². The third-order valence-corrected chi connectivity index (χ3v) is 4.22. The Kier molecular flexibility index (Phi) is 10.0. The van der Waals surface area contributed by atoms with Crippen LogP contribution in [0.3, 0.4) is 0 Å². The Morgan fingerprint density at radius 2 is 0.833 bits per heavy atom. The number of benzene rings is 2. The van der Waals surface area contributed by atoms with Gasteiger partial charge in [0.15, 0.2) is 0 Å². The van der Waals surface area contributed by atoms with Gasteiger partial charge >= 0.3 is 0 Å². The van der Waals surface area contributed by atoms with E-state index in [2.05, 4.69) is 88.9 Å². The van der Waals surface area contributed by atoms with Gasteiger partial charge in [-0.2, -0.15) is 0 Å². The van der Waals surface area contributed by atoms with Crippen molar-refractivity contribution in [3.05, 3.63) is 71.8 Å². The zero-order valence-electron chi connectivity index (χ0n) is 15.3. The minimum Gasteiger partial charge on any atom is -1.00 e. The molecule has 0 aliphatic carbocycles. The summed E-state index contributed by atoms with van der Waals surface area (Å²) in [6.07, 6.45) is 0. The summed E-state index contributed by atoms with van der Waals surface area (Å²) >= 11 is 0. The van der Waals surface area contributed by atoms with Gasteiger partial charge in [0, 0.05) is 11.1 Å². The smallest absolute Gasteiger partial charge is 0.128 e. The third-order valence-electron chi connectivity index (χ3n) is 4.22. The van der Waals surface area contributed by atoms with Gasteiger partial charge in [-0.05, 0) is 0 Å². The Morgan fingerprint density at radius 3 is 1.12 bits per heavy atom. The number of likely N-dealkylation sites (N-methyl/N-ethyl adjacent to an activating group) is 2. The largest absolute Gasteiger partial charge is 1.00 e. The molecule has 2 aromatic rings. The molecule has 0 aromatic heterocycles. The number of halogens is 2. The minimum absolute atomic E-state index is 0. The van der Waals surface area contributed by atoms with Crippen molar-refractivity contribution in [1.29, 1.82) is 0 Å². The molecule has 0 saturated carbocycles. The molecule has 0 saturated heterocycles. The molecule has 4 heteroatoms. The maximum atomic E-state index is 2.33. The van der Waals surface area contributed by atoms with Gasteiger partial charge in [-0.15, -0.1) is 0 Å². The Labute approximate surface area is 168 Å². The molecule has 134 valence electrons. The van der Waals surface area contributed by atoms with E-state index in [1.54, 1.807) is 0 Å². The van der Waals surface area contributed by atoms with Gasteiger partial charge in [-0.1, -0.05) is 60.7 Å². The molecular formula is C20H30Br2N2. The van der Waals surface area contributed by atoms with Crippen molar-refractivity contribution >= 4 is 0 Å². The second-order valence-electron chi connectivity index (χ2n) is 7.61. The maximum absolute atomic E-state index is 2.33. The lowest BCUT2D eigenvalue weighted by Crippen LogP contribution is -3.00. The first-order chi connectivity index (χ1) is 10.4. The normalized spacial score (nSPS) is 11.3. The molecule has 0 aliphatic heterocycles. The van der Waals surface area contributed by atoms with Gasteiger partial charge in [0.2, 0.25) is 0 Å². The fourth-order valence-corrected chi connectivity index (χ4v) is 2.85. The van der Waals surface area contributed by atoms with Crippen molar-refractivity contribution in [2.45, 2.75) is 13.1 Å². The van der Waals surface area contributed by atoms with E-state index in [-0.39, 0.29) is 34.0 Å². The summed E-state index contributed by atoms with van der Waals surface area (Å²) < 4.78 is 2.06. The molecule has 0 amide bonds. The SMILES string of the molecule is C[N+](C)(CC[N+](C)(C)Cc1ccccc1)Cc1ccccc1.[Br-].[Br-]. The average Bonchev–Trinajstić information content (AvgIpc) is 2.47. The molecule has 0 aliphatic rings. The number of quaternary nitrogens is 2. The van der Waals surface area contributed by atoms with Crippen LogP contribution in [0.25, 0.3) is 0 Å². The van der Waals surface area contributed by atoms with Crippen molar-refractivity contribution in [2.24, 2.45) is 0 Å². The predicted octanol–water partition coefficient (Wildman–Crippen LogP) is -2.45. The molecular weight excluding hydrogens is 428 g/mol. The van der Waals surface area contributed by atoms with Crippen LogP contribution < -0.4 is 34.0 Å². The zero-order valence-corrected chi connectivity index (χ0v) is 18.4. The molecule has 0 N–H and O–H groups in total. The van der Waals surface area contributed by atoms with Gasteiger partial charge < -0.3 is 42.9 Å². The number of hydrogen-bond acceptors (Lipinski definition) is 0. The lowest BCUT2D eigenvalue weighted by Gasteiger charge is -2.35. The molecule has 0 heterocycles. The molecule has 0 atom stereocenters. The third kappa shape index (κ3) is 8.43. The maximum Gasteiger partial charge on any atom is 0.128 e. The molecule has 0 radical (unpaired) electrons. The van der Waals surface area contributed by atoms with Crippen LogP contribution in [0.4, 0.5) is 0 Å². The molecule has 2 aromatic carbocycles. The molecule has 2 rings (SSSR count). The first kappa shape index (κ1) is 23.3. The first-order valence-electron chi connectivity index (χ1n) is 8.08. The summed E-state index contributed by atoms with van der Waals surface area (Å²) in [6, 6.07) is 21.6. The van der Waals surface area contributed by atoms with Crippen molar-refractivity contribution < 1.29 is 42.9 Å². The predicted molar refractivity (Wildman–Crippen MR) is 94.2 cm³/mol. The first-order valence-corrected chi connectivity index (χ1v) is 8.08. The molecule has 0 fully saturated rings. The Balaban J connectivity index is 0.00000264. The van der Waals surface area contributed by atoms with E-state index in [4.69, 9.17) is 0 Å². The van der Waals surface area contributed by atoms with Crippen molar-refractivity contribution in [3.8, 4) is 0 Å². The average molecular weight is 458 g/mol. The second kappa shape index (κ2) is 10.3. The highest BCUT2D eigenvalue weighted by Crippen LogP contribution is 2.13.